The van der Waals surface area contributed by atoms with Crippen LogP contribution in [0.5, 0.6) is 0 Å². The van der Waals surface area contributed by atoms with E-state index in [2.05, 4.69) is 5.10 Å². The topological polar surface area (TPSA) is 64.2 Å². The molecule has 6 nitrogen and oxygen atoms in total. The van der Waals surface area contributed by atoms with Gasteiger partial charge in [-0.15, -0.1) is 0 Å². The van der Waals surface area contributed by atoms with Crippen LogP contribution in [0, 0.1) is 10.1 Å². The molecule has 76 valence electrons. The maximum Gasteiger partial charge on any atom is 0.314 e. The van der Waals surface area contributed by atoms with E-state index in [0.29, 0.717) is 5.69 Å². The highest BCUT2D eigenvalue weighted by atomic mass is 16.6. The Morgan fingerprint density at radius 2 is 2.29 bits per heavy atom. The van der Waals surface area contributed by atoms with Crippen molar-refractivity contribution in [3.63, 3.8) is 0 Å². The minimum absolute atomic E-state index is 0.0191. The van der Waals surface area contributed by atoms with Crippen molar-refractivity contribution in [3.8, 4) is 0 Å². The van der Waals surface area contributed by atoms with Crippen LogP contribution in [-0.2, 0) is 7.05 Å². The van der Waals surface area contributed by atoms with E-state index in [4.69, 9.17) is 0 Å². The Kier molecular flexibility index (Phi) is 2.85. The Morgan fingerprint density at radius 1 is 1.64 bits per heavy atom. The average Bonchev–Trinajstić information content (AvgIpc) is 2.43. The molecule has 6 heteroatoms. The number of nitro groups is 1. The molecule has 0 fully saturated rings. The molecule has 0 saturated heterocycles. The van der Waals surface area contributed by atoms with Gasteiger partial charge in [-0.2, -0.15) is 5.10 Å². The Bertz CT molecular complexity index is 367. The third-order valence-electron chi connectivity index (χ3n) is 1.69. The van der Waals surface area contributed by atoms with Crippen molar-refractivity contribution in [2.45, 2.75) is 0 Å². The Morgan fingerprint density at radius 3 is 2.79 bits per heavy atom. The van der Waals surface area contributed by atoms with E-state index in [1.54, 1.807) is 24.2 Å². The number of aromatic nitrogens is 2. The van der Waals surface area contributed by atoms with Crippen LogP contribution in [0.3, 0.4) is 0 Å². The molecule has 0 aliphatic heterocycles. The van der Waals surface area contributed by atoms with Crippen molar-refractivity contribution in [2.75, 3.05) is 14.1 Å². The summed E-state index contributed by atoms with van der Waals surface area (Å²) in [5.41, 5.74) is 0.509. The second kappa shape index (κ2) is 3.91. The van der Waals surface area contributed by atoms with Gasteiger partial charge in [-0.1, -0.05) is 0 Å². The van der Waals surface area contributed by atoms with Gasteiger partial charge in [0.05, 0.1) is 4.92 Å². The predicted octanol–water partition coefficient (Wildman–Crippen LogP) is 0.861. The van der Waals surface area contributed by atoms with Gasteiger partial charge in [-0.05, 0) is 6.08 Å². The minimum Gasteiger partial charge on any atom is -0.383 e. The fourth-order valence-corrected chi connectivity index (χ4v) is 0.989. The monoisotopic (exact) mass is 196 g/mol. The van der Waals surface area contributed by atoms with E-state index in [-0.39, 0.29) is 5.69 Å². The summed E-state index contributed by atoms with van der Waals surface area (Å²) in [6.07, 6.45) is 4.64. The number of hydrogen-bond donors (Lipinski definition) is 0. The highest BCUT2D eigenvalue weighted by Crippen LogP contribution is 2.17. The molecule has 0 amide bonds. The molecule has 0 unspecified atom stereocenters. The predicted molar refractivity (Wildman–Crippen MR) is 52.6 cm³/mol. The molecule has 0 spiro atoms. The van der Waals surface area contributed by atoms with Gasteiger partial charge >= 0.3 is 5.69 Å². The maximum absolute atomic E-state index is 10.6. The van der Waals surface area contributed by atoms with Crippen LogP contribution in [0.4, 0.5) is 5.69 Å². The first-order valence-electron chi connectivity index (χ1n) is 4.03. The molecule has 1 rings (SSSR count). The first-order valence-corrected chi connectivity index (χ1v) is 4.03. The van der Waals surface area contributed by atoms with E-state index in [1.807, 2.05) is 14.1 Å². The van der Waals surface area contributed by atoms with Crippen molar-refractivity contribution in [1.82, 2.24) is 14.7 Å². The van der Waals surface area contributed by atoms with Gasteiger partial charge in [0.2, 0.25) is 0 Å². The Balaban J connectivity index is 3.05. The van der Waals surface area contributed by atoms with Crippen molar-refractivity contribution in [1.29, 1.82) is 0 Å². The fraction of sp³-hybridized carbons (Fsp3) is 0.375. The first-order chi connectivity index (χ1) is 6.52. The van der Waals surface area contributed by atoms with Gasteiger partial charge in [-0.25, -0.2) is 0 Å². The van der Waals surface area contributed by atoms with Crippen LogP contribution in [-0.4, -0.2) is 33.7 Å². The molecule has 0 aliphatic carbocycles. The van der Waals surface area contributed by atoms with Crippen LogP contribution in [0.2, 0.25) is 0 Å². The van der Waals surface area contributed by atoms with Gasteiger partial charge in [0.15, 0.2) is 0 Å². The lowest BCUT2D eigenvalue weighted by Gasteiger charge is -2.02. The second-order valence-electron chi connectivity index (χ2n) is 3.08. The maximum atomic E-state index is 10.6. The third kappa shape index (κ3) is 2.09. The second-order valence-corrected chi connectivity index (χ2v) is 3.08. The van der Waals surface area contributed by atoms with Crippen LogP contribution < -0.4 is 0 Å². The highest BCUT2D eigenvalue weighted by molar-refractivity contribution is 5.56. The largest absolute Gasteiger partial charge is 0.383 e. The molecular formula is C8H12N4O2. The van der Waals surface area contributed by atoms with Crippen molar-refractivity contribution < 1.29 is 4.92 Å². The smallest absolute Gasteiger partial charge is 0.314 e. The van der Waals surface area contributed by atoms with E-state index in [9.17, 15) is 10.1 Å². The van der Waals surface area contributed by atoms with Gasteiger partial charge in [0, 0.05) is 27.3 Å². The first kappa shape index (κ1) is 10.2. The zero-order valence-electron chi connectivity index (χ0n) is 8.34. The molecule has 0 saturated carbocycles. The van der Waals surface area contributed by atoms with Gasteiger partial charge in [0.25, 0.3) is 0 Å². The lowest BCUT2D eigenvalue weighted by atomic mass is 10.3. The van der Waals surface area contributed by atoms with Gasteiger partial charge in [-0.3, -0.25) is 14.8 Å². The lowest BCUT2D eigenvalue weighted by molar-refractivity contribution is -0.385. The van der Waals surface area contributed by atoms with E-state index >= 15 is 0 Å². The summed E-state index contributed by atoms with van der Waals surface area (Å²) in [5, 5.41) is 14.4. The molecule has 0 N–H and O–H groups in total. The van der Waals surface area contributed by atoms with E-state index in [1.165, 1.54) is 10.9 Å². The molecule has 0 aliphatic rings. The minimum atomic E-state index is -0.442. The molecule has 1 aromatic heterocycles. The lowest BCUT2D eigenvalue weighted by Crippen LogP contribution is -2.01. The van der Waals surface area contributed by atoms with E-state index < -0.39 is 4.92 Å². The standard InChI is InChI=1S/C8H12N4O2/c1-10(2)5-4-7-8(12(13)14)6-9-11(7)3/h4-6H,1-3H3/b5-4+. The SMILES string of the molecule is CN(C)/C=C/c1c([N+](=O)[O-])cnn1C. The summed E-state index contributed by atoms with van der Waals surface area (Å²) in [6.45, 7) is 0. The molecular weight excluding hydrogens is 184 g/mol. The number of hydrogen-bond acceptors (Lipinski definition) is 4. The normalized spacial score (nSPS) is 10.8. The molecule has 0 radical (unpaired) electrons. The third-order valence-corrected chi connectivity index (χ3v) is 1.69. The molecule has 1 aromatic rings. The van der Waals surface area contributed by atoms with Crippen LogP contribution in [0.1, 0.15) is 5.69 Å². The van der Waals surface area contributed by atoms with Crippen LogP contribution >= 0.6 is 0 Å². The molecule has 0 aromatic carbocycles. The summed E-state index contributed by atoms with van der Waals surface area (Å²) < 4.78 is 1.47. The average molecular weight is 196 g/mol. The van der Waals surface area contributed by atoms with Crippen molar-refractivity contribution >= 4 is 11.8 Å². The summed E-state index contributed by atoms with van der Waals surface area (Å²) in [5.74, 6) is 0. The zero-order chi connectivity index (χ0) is 10.7. The number of nitrogens with zero attached hydrogens (tertiary/aromatic N) is 4. The van der Waals surface area contributed by atoms with Gasteiger partial charge < -0.3 is 4.90 Å². The zero-order valence-corrected chi connectivity index (χ0v) is 8.34. The molecule has 1 heterocycles. The van der Waals surface area contributed by atoms with E-state index in [0.717, 1.165) is 0 Å². The highest BCUT2D eigenvalue weighted by Gasteiger charge is 2.15. The van der Waals surface area contributed by atoms with Crippen LogP contribution in [0.15, 0.2) is 12.4 Å². The van der Waals surface area contributed by atoms with Crippen LogP contribution in [0.25, 0.3) is 6.08 Å². The Hall–Kier alpha value is -1.85. The van der Waals surface area contributed by atoms with Gasteiger partial charge in [0.1, 0.15) is 11.9 Å². The van der Waals surface area contributed by atoms with Crippen molar-refractivity contribution in [3.05, 3.63) is 28.2 Å². The molecule has 0 atom stereocenters. The number of rotatable bonds is 3. The quantitative estimate of drug-likeness (QED) is 0.531. The van der Waals surface area contributed by atoms with Crippen molar-refractivity contribution in [2.24, 2.45) is 7.05 Å². The summed E-state index contributed by atoms with van der Waals surface area (Å²) >= 11 is 0. The fourth-order valence-electron chi connectivity index (χ4n) is 0.989. The number of aryl methyl sites for hydroxylation is 1. The molecule has 14 heavy (non-hydrogen) atoms. The summed E-state index contributed by atoms with van der Waals surface area (Å²) in [7, 11) is 5.36. The molecule has 0 bridgehead atoms. The Labute approximate surface area is 81.6 Å². The summed E-state index contributed by atoms with van der Waals surface area (Å²) in [6, 6.07) is 0. The summed E-state index contributed by atoms with van der Waals surface area (Å²) in [4.78, 5) is 11.9.